The molecule has 0 bridgehead atoms. The summed E-state index contributed by atoms with van der Waals surface area (Å²) in [5.41, 5.74) is -0.371. The summed E-state index contributed by atoms with van der Waals surface area (Å²) in [5.74, 6) is -1.27. The van der Waals surface area contributed by atoms with Gasteiger partial charge in [0.05, 0.1) is 0 Å². The first-order valence-corrected chi connectivity index (χ1v) is 4.75. The predicted molar refractivity (Wildman–Crippen MR) is 51.9 cm³/mol. The predicted octanol–water partition coefficient (Wildman–Crippen LogP) is 1.82. The number of aryl methyl sites for hydroxylation is 1. The molecule has 0 aliphatic heterocycles. The molecule has 0 saturated carbocycles. The molecule has 0 fully saturated rings. The van der Waals surface area contributed by atoms with Crippen molar-refractivity contribution in [3.05, 3.63) is 11.4 Å². The summed E-state index contributed by atoms with van der Waals surface area (Å²) in [6, 6.07) is 0. The average Bonchev–Trinajstić information content (AvgIpc) is 2.45. The van der Waals surface area contributed by atoms with Crippen LogP contribution < -0.4 is 0 Å². The lowest BCUT2D eigenvalue weighted by atomic mass is 10.3. The van der Waals surface area contributed by atoms with Crippen LogP contribution in [-0.2, 0) is 10.3 Å². The Labute approximate surface area is 94.6 Å². The number of hydrogen-bond acceptors (Lipinski definition) is 3. The number of rotatable bonds is 2. The molecule has 0 unspecified atom stereocenters. The molecule has 0 radical (unpaired) electrons. The highest BCUT2D eigenvalue weighted by Gasteiger charge is 2.34. The SMILES string of the molecule is CCn1nnc(C(=O)O)c1C(Cl)(Cl)Cl. The number of aromatic nitrogens is 3. The van der Waals surface area contributed by atoms with Gasteiger partial charge in [-0.25, -0.2) is 9.48 Å². The molecule has 8 heteroatoms. The fraction of sp³-hybridized carbons (Fsp3) is 0.500. The Bertz CT molecular complexity index is 358. The number of aromatic carboxylic acids is 1. The molecule has 1 heterocycles. The van der Waals surface area contributed by atoms with Gasteiger partial charge >= 0.3 is 5.97 Å². The van der Waals surface area contributed by atoms with Crippen molar-refractivity contribution in [1.82, 2.24) is 15.0 Å². The number of carbonyl (C=O) groups is 1. The van der Waals surface area contributed by atoms with E-state index in [1.54, 1.807) is 6.92 Å². The van der Waals surface area contributed by atoms with E-state index >= 15 is 0 Å². The number of nitrogens with zero attached hydrogens (tertiary/aromatic N) is 3. The van der Waals surface area contributed by atoms with Crippen LogP contribution in [0.1, 0.15) is 23.1 Å². The van der Waals surface area contributed by atoms with Gasteiger partial charge in [0, 0.05) is 6.54 Å². The maximum Gasteiger partial charge on any atom is 0.358 e. The van der Waals surface area contributed by atoms with Gasteiger partial charge in [-0.3, -0.25) is 0 Å². The molecule has 1 rings (SSSR count). The van der Waals surface area contributed by atoms with E-state index in [1.807, 2.05) is 0 Å². The third-order valence-corrected chi connectivity index (χ3v) is 2.04. The van der Waals surface area contributed by atoms with Gasteiger partial charge in [0.25, 0.3) is 0 Å². The molecular formula is C6H6Cl3N3O2. The minimum absolute atomic E-state index is 0.0301. The fourth-order valence-corrected chi connectivity index (χ4v) is 1.52. The number of alkyl halides is 3. The van der Waals surface area contributed by atoms with Gasteiger partial charge in [-0.15, -0.1) is 5.10 Å². The van der Waals surface area contributed by atoms with Crippen LogP contribution in [0.3, 0.4) is 0 Å². The van der Waals surface area contributed by atoms with Gasteiger partial charge in [0.2, 0.25) is 3.79 Å². The Morgan fingerprint density at radius 3 is 2.50 bits per heavy atom. The van der Waals surface area contributed by atoms with Crippen LogP contribution in [-0.4, -0.2) is 26.1 Å². The summed E-state index contributed by atoms with van der Waals surface area (Å²) in [6.07, 6.45) is 0. The van der Waals surface area contributed by atoms with Crippen molar-refractivity contribution in [3.8, 4) is 0 Å². The lowest BCUT2D eigenvalue weighted by molar-refractivity contribution is 0.0689. The normalized spacial score (nSPS) is 11.7. The first kappa shape index (κ1) is 11.6. The molecule has 0 amide bonds. The second kappa shape index (κ2) is 3.92. The number of hydrogen-bond donors (Lipinski definition) is 1. The first-order chi connectivity index (χ1) is 6.38. The highest BCUT2D eigenvalue weighted by Crippen LogP contribution is 2.39. The Balaban J connectivity index is 3.34. The molecule has 1 N–H and O–H groups in total. The Morgan fingerprint density at radius 1 is 1.57 bits per heavy atom. The highest BCUT2D eigenvalue weighted by atomic mass is 35.6. The van der Waals surface area contributed by atoms with Crippen LogP contribution in [0.2, 0.25) is 0 Å². The standard InChI is InChI=1S/C6H6Cl3N3O2/c1-2-12-4(6(7,8)9)3(5(13)14)10-11-12/h2H2,1H3,(H,13,14). The second-order valence-corrected chi connectivity index (χ2v) is 4.69. The zero-order valence-electron chi connectivity index (χ0n) is 7.04. The van der Waals surface area contributed by atoms with Crippen molar-refractivity contribution in [2.45, 2.75) is 17.3 Å². The van der Waals surface area contributed by atoms with Gasteiger partial charge in [0.15, 0.2) is 5.69 Å². The minimum atomic E-state index is -1.84. The van der Waals surface area contributed by atoms with Crippen LogP contribution in [0.25, 0.3) is 0 Å². The summed E-state index contributed by atoms with van der Waals surface area (Å²) >= 11 is 16.8. The Kier molecular flexibility index (Phi) is 3.24. The fourth-order valence-electron chi connectivity index (χ4n) is 0.959. The van der Waals surface area contributed by atoms with Gasteiger partial charge in [0.1, 0.15) is 5.69 Å². The highest BCUT2D eigenvalue weighted by molar-refractivity contribution is 6.66. The minimum Gasteiger partial charge on any atom is -0.476 e. The zero-order chi connectivity index (χ0) is 10.9. The molecule has 1 aromatic heterocycles. The topological polar surface area (TPSA) is 68.0 Å². The molecule has 0 saturated heterocycles. The molecule has 0 aromatic carbocycles. The maximum atomic E-state index is 10.7. The van der Waals surface area contributed by atoms with E-state index in [0.29, 0.717) is 6.54 Å². The lowest BCUT2D eigenvalue weighted by Gasteiger charge is -2.12. The molecule has 0 aliphatic rings. The molecule has 14 heavy (non-hydrogen) atoms. The van der Waals surface area contributed by atoms with Gasteiger partial charge in [-0.2, -0.15) is 0 Å². The molecule has 5 nitrogen and oxygen atoms in total. The van der Waals surface area contributed by atoms with Gasteiger partial charge in [-0.1, -0.05) is 40.0 Å². The maximum absolute atomic E-state index is 10.7. The monoisotopic (exact) mass is 257 g/mol. The largest absolute Gasteiger partial charge is 0.476 e. The molecule has 0 aliphatic carbocycles. The van der Waals surface area contributed by atoms with E-state index in [-0.39, 0.29) is 11.4 Å². The van der Waals surface area contributed by atoms with Crippen LogP contribution in [0.15, 0.2) is 0 Å². The van der Waals surface area contributed by atoms with Crippen molar-refractivity contribution in [2.24, 2.45) is 0 Å². The van der Waals surface area contributed by atoms with Crippen molar-refractivity contribution >= 4 is 40.8 Å². The summed E-state index contributed by atoms with van der Waals surface area (Å²) in [4.78, 5) is 10.7. The average molecular weight is 258 g/mol. The molecular weight excluding hydrogens is 252 g/mol. The molecule has 0 atom stereocenters. The van der Waals surface area contributed by atoms with E-state index < -0.39 is 9.76 Å². The number of carboxylic acids is 1. The van der Waals surface area contributed by atoms with E-state index in [9.17, 15) is 4.79 Å². The third-order valence-electron chi connectivity index (χ3n) is 1.51. The summed E-state index contributed by atoms with van der Waals surface area (Å²) < 4.78 is -0.607. The van der Waals surface area contributed by atoms with Crippen molar-refractivity contribution < 1.29 is 9.90 Å². The zero-order valence-corrected chi connectivity index (χ0v) is 9.31. The van der Waals surface area contributed by atoms with Crippen molar-refractivity contribution in [3.63, 3.8) is 0 Å². The Morgan fingerprint density at radius 2 is 2.14 bits per heavy atom. The molecule has 0 spiro atoms. The number of carboxylic acid groups (broad SMARTS) is 1. The van der Waals surface area contributed by atoms with E-state index in [0.717, 1.165) is 0 Å². The lowest BCUT2D eigenvalue weighted by Crippen LogP contribution is -2.15. The van der Waals surface area contributed by atoms with Crippen LogP contribution >= 0.6 is 34.8 Å². The van der Waals surface area contributed by atoms with Crippen LogP contribution in [0.5, 0.6) is 0 Å². The molecule has 1 aromatic rings. The molecule has 78 valence electrons. The summed E-state index contributed by atoms with van der Waals surface area (Å²) in [6.45, 7) is 2.11. The van der Waals surface area contributed by atoms with Crippen molar-refractivity contribution in [2.75, 3.05) is 0 Å². The number of halogens is 3. The van der Waals surface area contributed by atoms with E-state index in [4.69, 9.17) is 39.9 Å². The van der Waals surface area contributed by atoms with Crippen molar-refractivity contribution in [1.29, 1.82) is 0 Å². The van der Waals surface area contributed by atoms with Crippen LogP contribution in [0.4, 0.5) is 0 Å². The van der Waals surface area contributed by atoms with E-state index in [1.165, 1.54) is 4.68 Å². The quantitative estimate of drug-likeness (QED) is 0.822. The smallest absolute Gasteiger partial charge is 0.358 e. The second-order valence-electron chi connectivity index (χ2n) is 2.41. The summed E-state index contributed by atoms with van der Waals surface area (Å²) in [5, 5.41) is 15.7. The van der Waals surface area contributed by atoms with Crippen LogP contribution in [0, 0.1) is 0 Å². The third kappa shape index (κ3) is 2.10. The van der Waals surface area contributed by atoms with Gasteiger partial charge in [-0.05, 0) is 6.92 Å². The van der Waals surface area contributed by atoms with Gasteiger partial charge < -0.3 is 5.11 Å². The van der Waals surface area contributed by atoms with E-state index in [2.05, 4.69) is 10.3 Å². The summed E-state index contributed by atoms with van der Waals surface area (Å²) in [7, 11) is 0. The Hall–Kier alpha value is -0.520. The first-order valence-electron chi connectivity index (χ1n) is 3.62.